The summed E-state index contributed by atoms with van der Waals surface area (Å²) in [7, 11) is 3.74. The Morgan fingerprint density at radius 1 is 1.06 bits per heavy atom. The molecule has 0 spiro atoms. The lowest BCUT2D eigenvalue weighted by atomic mass is 10.1. The number of urea groups is 1. The van der Waals surface area contributed by atoms with Gasteiger partial charge in [-0.3, -0.25) is 4.90 Å². The van der Waals surface area contributed by atoms with E-state index in [2.05, 4.69) is 16.0 Å². The van der Waals surface area contributed by atoms with Gasteiger partial charge in [-0.05, 0) is 41.5 Å². The highest BCUT2D eigenvalue weighted by molar-refractivity contribution is 5.93. The van der Waals surface area contributed by atoms with Crippen LogP contribution >= 0.6 is 0 Å². The molecule has 0 saturated carbocycles. The first kappa shape index (κ1) is 20.2. The molecule has 0 aliphatic carbocycles. The summed E-state index contributed by atoms with van der Waals surface area (Å²) in [5.41, 5.74) is 5.41. The van der Waals surface area contributed by atoms with Gasteiger partial charge in [0.25, 0.3) is 0 Å². The highest BCUT2D eigenvalue weighted by Crippen LogP contribution is 2.23. The normalized spacial score (nSPS) is 10.6. The number of rotatable bonds is 5. The molecule has 31 heavy (non-hydrogen) atoms. The predicted octanol–water partition coefficient (Wildman–Crippen LogP) is 4.38. The van der Waals surface area contributed by atoms with Crippen LogP contribution in [0, 0.1) is 11.3 Å². The fraction of sp³-hybridized carbons (Fsp3) is 0.160. The molecule has 0 bridgehead atoms. The van der Waals surface area contributed by atoms with E-state index in [1.807, 2.05) is 79.8 Å². The summed E-state index contributed by atoms with van der Waals surface area (Å²) in [4.78, 5) is 19.0. The fourth-order valence-corrected chi connectivity index (χ4v) is 3.49. The molecule has 0 aliphatic heterocycles. The van der Waals surface area contributed by atoms with Gasteiger partial charge in [0.15, 0.2) is 0 Å². The Morgan fingerprint density at radius 2 is 1.81 bits per heavy atom. The second-order valence-corrected chi connectivity index (χ2v) is 7.45. The van der Waals surface area contributed by atoms with Crippen LogP contribution in [-0.2, 0) is 20.0 Å². The standard InChI is InChI=1S/C25H23N5O/c1-29(25(31)27-17-20-6-4-3-5-7-20)21-12-13-23-22(15-21)28-24(30(23)2)14-18-8-10-19(16-26)11-9-18/h3-13,15H,14,17H2,1-2H3,(H,27,31). The first-order chi connectivity index (χ1) is 15.0. The molecular weight excluding hydrogens is 386 g/mol. The number of hydrogen-bond donors (Lipinski definition) is 1. The van der Waals surface area contributed by atoms with E-state index >= 15 is 0 Å². The molecule has 2 amide bonds. The van der Waals surface area contributed by atoms with Crippen molar-refractivity contribution in [1.82, 2.24) is 14.9 Å². The van der Waals surface area contributed by atoms with Crippen LogP contribution in [0.25, 0.3) is 11.0 Å². The van der Waals surface area contributed by atoms with Crippen LogP contribution in [-0.4, -0.2) is 22.6 Å². The van der Waals surface area contributed by atoms with E-state index in [9.17, 15) is 4.79 Å². The minimum Gasteiger partial charge on any atom is -0.334 e. The first-order valence-electron chi connectivity index (χ1n) is 10.0. The van der Waals surface area contributed by atoms with Gasteiger partial charge in [0.2, 0.25) is 0 Å². The molecule has 0 unspecified atom stereocenters. The smallest absolute Gasteiger partial charge is 0.321 e. The van der Waals surface area contributed by atoms with Crippen LogP contribution in [0.2, 0.25) is 0 Å². The van der Waals surface area contributed by atoms with Gasteiger partial charge in [-0.1, -0.05) is 42.5 Å². The molecule has 0 radical (unpaired) electrons. The Balaban J connectivity index is 1.50. The Bertz CT molecular complexity index is 1250. The minimum atomic E-state index is -0.169. The van der Waals surface area contributed by atoms with E-state index in [1.54, 1.807) is 11.9 Å². The van der Waals surface area contributed by atoms with Crippen molar-refractivity contribution < 1.29 is 4.79 Å². The van der Waals surface area contributed by atoms with Crippen LogP contribution in [0.5, 0.6) is 0 Å². The molecule has 0 atom stereocenters. The monoisotopic (exact) mass is 409 g/mol. The molecule has 3 aromatic carbocycles. The number of benzene rings is 3. The summed E-state index contributed by atoms with van der Waals surface area (Å²) in [6, 6.07) is 25.2. The van der Waals surface area contributed by atoms with E-state index in [4.69, 9.17) is 10.2 Å². The number of nitrogens with zero attached hydrogens (tertiary/aromatic N) is 4. The summed E-state index contributed by atoms with van der Waals surface area (Å²) < 4.78 is 2.06. The van der Waals surface area contributed by atoms with Gasteiger partial charge >= 0.3 is 6.03 Å². The van der Waals surface area contributed by atoms with Crippen molar-refractivity contribution in [3.8, 4) is 6.07 Å². The molecule has 154 valence electrons. The zero-order valence-corrected chi connectivity index (χ0v) is 17.5. The number of nitriles is 1. The zero-order chi connectivity index (χ0) is 21.8. The van der Waals surface area contributed by atoms with Gasteiger partial charge in [-0.15, -0.1) is 0 Å². The molecule has 4 aromatic rings. The molecule has 0 aliphatic rings. The van der Waals surface area contributed by atoms with Crippen molar-refractivity contribution in [3.63, 3.8) is 0 Å². The van der Waals surface area contributed by atoms with Crippen molar-refractivity contribution >= 4 is 22.8 Å². The molecule has 0 saturated heterocycles. The topological polar surface area (TPSA) is 74.0 Å². The fourth-order valence-electron chi connectivity index (χ4n) is 3.49. The van der Waals surface area contributed by atoms with Gasteiger partial charge in [0.1, 0.15) is 5.82 Å². The second kappa shape index (κ2) is 8.72. The lowest BCUT2D eigenvalue weighted by molar-refractivity contribution is 0.247. The summed E-state index contributed by atoms with van der Waals surface area (Å²) in [6.07, 6.45) is 0.666. The Labute approximate surface area is 181 Å². The third-order valence-electron chi connectivity index (χ3n) is 5.38. The highest BCUT2D eigenvalue weighted by Gasteiger charge is 2.14. The largest absolute Gasteiger partial charge is 0.334 e. The van der Waals surface area contributed by atoms with Crippen LogP contribution in [0.4, 0.5) is 10.5 Å². The number of carbonyl (C=O) groups excluding carboxylic acids is 1. The number of amides is 2. The average Bonchev–Trinajstić information content (AvgIpc) is 3.12. The predicted molar refractivity (Wildman–Crippen MR) is 122 cm³/mol. The van der Waals surface area contributed by atoms with Gasteiger partial charge in [0, 0.05) is 32.7 Å². The molecule has 6 nitrogen and oxygen atoms in total. The van der Waals surface area contributed by atoms with E-state index in [0.717, 1.165) is 33.7 Å². The Kier molecular flexibility index (Phi) is 5.67. The number of hydrogen-bond acceptors (Lipinski definition) is 3. The molecular formula is C25H23N5O. The van der Waals surface area contributed by atoms with E-state index in [-0.39, 0.29) is 6.03 Å². The molecule has 1 heterocycles. The number of carbonyl (C=O) groups is 1. The zero-order valence-electron chi connectivity index (χ0n) is 17.5. The number of anilines is 1. The molecule has 1 aromatic heterocycles. The maximum absolute atomic E-state index is 12.6. The van der Waals surface area contributed by atoms with Crippen LogP contribution < -0.4 is 10.2 Å². The van der Waals surface area contributed by atoms with Gasteiger partial charge in [-0.2, -0.15) is 5.26 Å². The van der Waals surface area contributed by atoms with Gasteiger partial charge < -0.3 is 9.88 Å². The maximum atomic E-state index is 12.6. The van der Waals surface area contributed by atoms with E-state index in [1.165, 1.54) is 0 Å². The minimum absolute atomic E-state index is 0.169. The second-order valence-electron chi connectivity index (χ2n) is 7.45. The summed E-state index contributed by atoms with van der Waals surface area (Å²) >= 11 is 0. The summed E-state index contributed by atoms with van der Waals surface area (Å²) in [6.45, 7) is 0.477. The lowest BCUT2D eigenvalue weighted by Gasteiger charge is -2.18. The molecule has 4 rings (SSSR count). The number of nitrogens with one attached hydrogen (secondary N) is 1. The van der Waals surface area contributed by atoms with Crippen molar-refractivity contribution in [2.24, 2.45) is 7.05 Å². The van der Waals surface area contributed by atoms with E-state index < -0.39 is 0 Å². The average molecular weight is 409 g/mol. The number of aryl methyl sites for hydroxylation is 1. The van der Waals surface area contributed by atoms with Crippen LogP contribution in [0.3, 0.4) is 0 Å². The van der Waals surface area contributed by atoms with Crippen molar-refractivity contribution in [2.75, 3.05) is 11.9 Å². The lowest BCUT2D eigenvalue weighted by Crippen LogP contribution is -2.36. The third-order valence-corrected chi connectivity index (χ3v) is 5.38. The van der Waals surface area contributed by atoms with Crippen LogP contribution in [0.1, 0.15) is 22.5 Å². The Morgan fingerprint density at radius 3 is 2.52 bits per heavy atom. The molecule has 1 N–H and O–H groups in total. The van der Waals surface area contributed by atoms with Crippen molar-refractivity contribution in [2.45, 2.75) is 13.0 Å². The molecule has 0 fully saturated rings. The molecule has 6 heteroatoms. The van der Waals surface area contributed by atoms with E-state index in [0.29, 0.717) is 18.5 Å². The van der Waals surface area contributed by atoms with Crippen LogP contribution in [0.15, 0.2) is 72.8 Å². The number of fused-ring (bicyclic) bond motifs is 1. The van der Waals surface area contributed by atoms with Crippen molar-refractivity contribution in [3.05, 3.63) is 95.3 Å². The number of aromatic nitrogens is 2. The SMILES string of the molecule is CN(C(=O)NCc1ccccc1)c1ccc2c(c1)nc(Cc1ccc(C#N)cc1)n2C. The maximum Gasteiger partial charge on any atom is 0.321 e. The number of imidazole rings is 1. The van der Waals surface area contributed by atoms with Gasteiger partial charge in [-0.25, -0.2) is 9.78 Å². The third kappa shape index (κ3) is 4.41. The first-order valence-corrected chi connectivity index (χ1v) is 10.0. The van der Waals surface area contributed by atoms with Crippen molar-refractivity contribution in [1.29, 1.82) is 5.26 Å². The highest BCUT2D eigenvalue weighted by atomic mass is 16.2. The quantitative estimate of drug-likeness (QED) is 0.531. The Hall–Kier alpha value is -4.11. The summed E-state index contributed by atoms with van der Waals surface area (Å²) in [5.74, 6) is 0.924. The summed E-state index contributed by atoms with van der Waals surface area (Å²) in [5, 5.41) is 11.9. The van der Waals surface area contributed by atoms with Gasteiger partial charge in [0.05, 0.1) is 22.7 Å².